The van der Waals surface area contributed by atoms with Gasteiger partial charge in [0, 0.05) is 25.6 Å². The van der Waals surface area contributed by atoms with Crippen molar-refractivity contribution in [1.82, 2.24) is 9.80 Å². The third kappa shape index (κ3) is 3.06. The third-order valence-corrected chi connectivity index (χ3v) is 4.40. The molecule has 0 radical (unpaired) electrons. The minimum atomic E-state index is -1.03. The smallest absolute Gasteiger partial charge is 0.326 e. The summed E-state index contributed by atoms with van der Waals surface area (Å²) >= 11 is 0. The lowest BCUT2D eigenvalue weighted by Gasteiger charge is -2.34. The molecule has 2 fully saturated rings. The number of rotatable bonds is 2. The summed E-state index contributed by atoms with van der Waals surface area (Å²) in [7, 11) is 0. The Balaban J connectivity index is 2.13. The Kier molecular flexibility index (Phi) is 4.86. The van der Waals surface area contributed by atoms with E-state index < -0.39 is 18.1 Å². The van der Waals surface area contributed by atoms with E-state index in [9.17, 15) is 19.8 Å². The number of aliphatic hydroxyl groups is 1. The molecule has 6 heteroatoms. The normalized spacial score (nSPS) is 31.2. The van der Waals surface area contributed by atoms with Gasteiger partial charge >= 0.3 is 12.0 Å². The highest BCUT2D eigenvalue weighted by Gasteiger charge is 2.41. The maximum Gasteiger partial charge on any atom is 0.326 e. The van der Waals surface area contributed by atoms with Crippen molar-refractivity contribution in [2.45, 2.75) is 63.6 Å². The Morgan fingerprint density at radius 3 is 2.60 bits per heavy atom. The van der Waals surface area contributed by atoms with E-state index in [1.165, 1.54) is 4.90 Å². The van der Waals surface area contributed by atoms with E-state index in [-0.39, 0.29) is 25.0 Å². The van der Waals surface area contributed by atoms with E-state index in [1.54, 1.807) is 0 Å². The molecular formula is C14H24N2O4. The van der Waals surface area contributed by atoms with Crippen LogP contribution in [0.5, 0.6) is 0 Å². The van der Waals surface area contributed by atoms with Crippen LogP contribution in [0.25, 0.3) is 0 Å². The molecule has 2 amide bonds. The number of amides is 2. The molecule has 0 aromatic rings. The highest BCUT2D eigenvalue weighted by molar-refractivity contribution is 5.83. The van der Waals surface area contributed by atoms with Crippen LogP contribution in [0.2, 0.25) is 0 Å². The molecule has 2 N–H and O–H groups in total. The number of carbonyl (C=O) groups is 2. The number of likely N-dealkylation sites (tertiary alicyclic amines) is 2. The van der Waals surface area contributed by atoms with Crippen LogP contribution in [0, 0.1) is 0 Å². The van der Waals surface area contributed by atoms with Crippen LogP contribution in [-0.2, 0) is 4.79 Å². The lowest BCUT2D eigenvalue weighted by Crippen LogP contribution is -2.51. The molecule has 0 aliphatic carbocycles. The topological polar surface area (TPSA) is 81.1 Å². The molecule has 0 saturated carbocycles. The second-order valence-electron chi connectivity index (χ2n) is 5.78. The Hall–Kier alpha value is -1.30. The first-order valence-electron chi connectivity index (χ1n) is 7.52. The lowest BCUT2D eigenvalue weighted by atomic mass is 10.1. The number of nitrogens with zero attached hydrogens (tertiary/aromatic N) is 2. The van der Waals surface area contributed by atoms with Gasteiger partial charge in [0.2, 0.25) is 0 Å². The molecular weight excluding hydrogens is 260 g/mol. The van der Waals surface area contributed by atoms with Gasteiger partial charge in [0.05, 0.1) is 6.10 Å². The Morgan fingerprint density at radius 1 is 1.20 bits per heavy atom. The molecule has 3 unspecified atom stereocenters. The molecule has 0 spiro atoms. The molecule has 114 valence electrons. The summed E-state index contributed by atoms with van der Waals surface area (Å²) in [5.41, 5.74) is 0. The fraction of sp³-hybridized carbons (Fsp3) is 0.857. The SMILES string of the molecule is CCC1CCCCCN1C(=O)N1CC(O)CC1C(=O)O. The molecule has 0 aromatic heterocycles. The number of aliphatic hydroxyl groups excluding tert-OH is 1. The van der Waals surface area contributed by atoms with Gasteiger partial charge in [-0.25, -0.2) is 9.59 Å². The molecule has 3 atom stereocenters. The standard InChI is InChI=1S/C14H24N2O4/c1-2-10-6-4-3-5-7-15(10)14(20)16-9-11(17)8-12(16)13(18)19/h10-12,17H,2-9H2,1H3,(H,18,19). The second-order valence-corrected chi connectivity index (χ2v) is 5.78. The molecule has 2 saturated heterocycles. The van der Waals surface area contributed by atoms with Crippen molar-refractivity contribution < 1.29 is 19.8 Å². The molecule has 0 bridgehead atoms. The van der Waals surface area contributed by atoms with Gasteiger partial charge in [-0.15, -0.1) is 0 Å². The minimum Gasteiger partial charge on any atom is -0.480 e. The van der Waals surface area contributed by atoms with E-state index in [1.807, 2.05) is 4.90 Å². The zero-order valence-electron chi connectivity index (χ0n) is 12.0. The summed E-state index contributed by atoms with van der Waals surface area (Å²) in [6, 6.07) is -0.918. The number of β-amino-alcohol motifs (C(OH)–C–C–N with tert-alkyl or cyclic N) is 1. The van der Waals surface area contributed by atoms with Crippen molar-refractivity contribution in [2.24, 2.45) is 0 Å². The van der Waals surface area contributed by atoms with Gasteiger partial charge in [-0.1, -0.05) is 19.8 Å². The number of carbonyl (C=O) groups excluding carboxylic acids is 1. The summed E-state index contributed by atoms with van der Waals surface area (Å²) in [6.45, 7) is 2.88. The van der Waals surface area contributed by atoms with Crippen molar-refractivity contribution in [1.29, 1.82) is 0 Å². The van der Waals surface area contributed by atoms with E-state index >= 15 is 0 Å². The number of carboxylic acids is 1. The molecule has 2 heterocycles. The largest absolute Gasteiger partial charge is 0.480 e. The molecule has 0 aromatic carbocycles. The summed E-state index contributed by atoms with van der Waals surface area (Å²) in [6.07, 6.45) is 4.48. The summed E-state index contributed by atoms with van der Waals surface area (Å²) in [5, 5.41) is 18.9. The molecule has 2 rings (SSSR count). The molecule has 6 nitrogen and oxygen atoms in total. The minimum absolute atomic E-state index is 0.128. The van der Waals surface area contributed by atoms with Crippen molar-refractivity contribution >= 4 is 12.0 Å². The summed E-state index contributed by atoms with van der Waals surface area (Å²) in [4.78, 5) is 27.1. The Morgan fingerprint density at radius 2 is 1.95 bits per heavy atom. The number of urea groups is 1. The predicted molar refractivity (Wildman–Crippen MR) is 73.4 cm³/mol. The average Bonchev–Trinajstić information content (AvgIpc) is 2.67. The van der Waals surface area contributed by atoms with Gasteiger partial charge in [0.25, 0.3) is 0 Å². The monoisotopic (exact) mass is 284 g/mol. The van der Waals surface area contributed by atoms with Gasteiger partial charge in [-0.2, -0.15) is 0 Å². The van der Waals surface area contributed by atoms with E-state index in [4.69, 9.17) is 0 Å². The summed E-state index contributed by atoms with van der Waals surface area (Å²) < 4.78 is 0. The highest BCUT2D eigenvalue weighted by Crippen LogP contribution is 2.25. The fourth-order valence-corrected chi connectivity index (χ4v) is 3.28. The third-order valence-electron chi connectivity index (χ3n) is 4.40. The van der Waals surface area contributed by atoms with Crippen molar-refractivity contribution in [3.63, 3.8) is 0 Å². The number of hydrogen-bond donors (Lipinski definition) is 2. The average molecular weight is 284 g/mol. The predicted octanol–water partition coefficient (Wildman–Crippen LogP) is 1.28. The van der Waals surface area contributed by atoms with E-state index in [2.05, 4.69) is 6.92 Å². The van der Waals surface area contributed by atoms with Crippen molar-refractivity contribution in [3.8, 4) is 0 Å². The first-order valence-corrected chi connectivity index (χ1v) is 7.52. The van der Waals surface area contributed by atoms with Gasteiger partial charge in [-0.05, 0) is 19.3 Å². The van der Waals surface area contributed by atoms with Crippen LogP contribution in [0.1, 0.15) is 45.4 Å². The van der Waals surface area contributed by atoms with Gasteiger partial charge in [0.1, 0.15) is 6.04 Å². The number of carboxylic acid groups (broad SMARTS) is 1. The van der Waals surface area contributed by atoms with Crippen LogP contribution < -0.4 is 0 Å². The van der Waals surface area contributed by atoms with Crippen LogP contribution in [0.4, 0.5) is 4.79 Å². The second kappa shape index (κ2) is 6.43. The quantitative estimate of drug-likeness (QED) is 0.800. The molecule has 20 heavy (non-hydrogen) atoms. The number of hydrogen-bond acceptors (Lipinski definition) is 3. The lowest BCUT2D eigenvalue weighted by molar-refractivity contribution is -0.141. The zero-order valence-corrected chi connectivity index (χ0v) is 12.0. The fourth-order valence-electron chi connectivity index (χ4n) is 3.28. The molecule has 2 aliphatic rings. The van der Waals surface area contributed by atoms with E-state index in [0.29, 0.717) is 6.54 Å². The maximum absolute atomic E-state index is 12.7. The number of aliphatic carboxylic acids is 1. The first-order chi connectivity index (χ1) is 9.54. The zero-order chi connectivity index (χ0) is 14.7. The van der Waals surface area contributed by atoms with Crippen LogP contribution in [0.3, 0.4) is 0 Å². The van der Waals surface area contributed by atoms with E-state index in [0.717, 1.165) is 32.1 Å². The maximum atomic E-state index is 12.7. The Labute approximate surface area is 119 Å². The van der Waals surface area contributed by atoms with Crippen molar-refractivity contribution in [3.05, 3.63) is 0 Å². The van der Waals surface area contributed by atoms with Gasteiger partial charge < -0.3 is 20.0 Å². The van der Waals surface area contributed by atoms with Crippen molar-refractivity contribution in [2.75, 3.05) is 13.1 Å². The summed E-state index contributed by atoms with van der Waals surface area (Å²) in [5.74, 6) is -1.03. The Bertz CT molecular complexity index is 374. The van der Waals surface area contributed by atoms with Gasteiger partial charge in [-0.3, -0.25) is 0 Å². The van der Waals surface area contributed by atoms with Crippen LogP contribution in [0.15, 0.2) is 0 Å². The molecule has 2 aliphatic heterocycles. The first kappa shape index (κ1) is 15.1. The van der Waals surface area contributed by atoms with Crippen LogP contribution >= 0.6 is 0 Å². The van der Waals surface area contributed by atoms with Gasteiger partial charge in [0.15, 0.2) is 0 Å². The highest BCUT2D eigenvalue weighted by atomic mass is 16.4. The van der Waals surface area contributed by atoms with Crippen LogP contribution in [-0.4, -0.2) is 63.3 Å².